The minimum absolute atomic E-state index is 0. The van der Waals surface area contributed by atoms with Crippen LogP contribution in [0.3, 0.4) is 0 Å². The van der Waals surface area contributed by atoms with Crippen molar-refractivity contribution in [2.24, 2.45) is 5.92 Å². The third-order valence-corrected chi connectivity index (χ3v) is 7.76. The van der Waals surface area contributed by atoms with Gasteiger partial charge in [-0.3, -0.25) is 14.4 Å². The van der Waals surface area contributed by atoms with E-state index in [1.165, 1.54) is 28.0 Å². The predicted molar refractivity (Wildman–Crippen MR) is 144 cm³/mol. The molecule has 0 spiro atoms. The first-order valence-corrected chi connectivity index (χ1v) is 13.9. The maximum absolute atomic E-state index is 13.7. The highest BCUT2D eigenvalue weighted by Crippen LogP contribution is 2.35. The van der Waals surface area contributed by atoms with Crippen LogP contribution in [0.15, 0.2) is 27.2 Å². The molecule has 1 aliphatic carbocycles. The van der Waals surface area contributed by atoms with Gasteiger partial charge in [0.05, 0.1) is 4.88 Å². The van der Waals surface area contributed by atoms with Crippen molar-refractivity contribution in [2.75, 3.05) is 26.4 Å². The summed E-state index contributed by atoms with van der Waals surface area (Å²) in [6, 6.07) is 2.75. The van der Waals surface area contributed by atoms with Crippen molar-refractivity contribution in [2.45, 2.75) is 69.3 Å². The van der Waals surface area contributed by atoms with E-state index in [1.54, 1.807) is 6.07 Å². The molecule has 12 heteroatoms. The van der Waals surface area contributed by atoms with Crippen molar-refractivity contribution in [3.63, 3.8) is 0 Å². The Morgan fingerprint density at radius 2 is 1.97 bits per heavy atom. The standard InChI is InChI=1S/C24H35N5O4S2.ClH/c1-17(2)15-18(20(31)22-26-27-23(33-22)35-14-12-28(3)4)29(16-30)24(10-6-5-7-11-24)25-21(32)19-9-8-13-34-19;/h8-9,13,16-18H,5-7,10-12,14-15H2,1-4H3,(H,25,32);1H. The van der Waals surface area contributed by atoms with Crippen LogP contribution >= 0.6 is 35.5 Å². The smallest absolute Gasteiger partial charge is 0.286 e. The van der Waals surface area contributed by atoms with Gasteiger partial charge in [-0.25, -0.2) is 0 Å². The van der Waals surface area contributed by atoms with E-state index in [-0.39, 0.29) is 30.1 Å². The summed E-state index contributed by atoms with van der Waals surface area (Å²) in [6.07, 6.45) is 5.01. The van der Waals surface area contributed by atoms with Gasteiger partial charge in [0.1, 0.15) is 11.7 Å². The normalized spacial score (nSPS) is 15.8. The van der Waals surface area contributed by atoms with Crippen LogP contribution in [-0.2, 0) is 4.79 Å². The highest BCUT2D eigenvalue weighted by molar-refractivity contribution is 7.99. The number of ketones is 1. The molecule has 0 aromatic carbocycles. The molecule has 9 nitrogen and oxygen atoms in total. The molecule has 2 heterocycles. The second-order valence-corrected chi connectivity index (χ2v) is 11.6. The molecule has 1 fully saturated rings. The number of aromatic nitrogens is 2. The van der Waals surface area contributed by atoms with Crippen molar-refractivity contribution in [1.29, 1.82) is 0 Å². The number of carbonyl (C=O) groups excluding carboxylic acids is 3. The SMILES string of the molecule is CC(C)CC(C(=O)c1nnc(SCCN(C)C)o1)N(C=O)C1(NC(=O)c2cccs2)CCCCC1.Cl. The maximum atomic E-state index is 13.7. The summed E-state index contributed by atoms with van der Waals surface area (Å²) >= 11 is 2.73. The van der Waals surface area contributed by atoms with Crippen molar-refractivity contribution < 1.29 is 18.8 Å². The quantitative estimate of drug-likeness (QED) is 0.167. The summed E-state index contributed by atoms with van der Waals surface area (Å²) in [4.78, 5) is 43.4. The molecular weight excluding hydrogens is 522 g/mol. The molecule has 1 atom stereocenters. The summed E-state index contributed by atoms with van der Waals surface area (Å²) in [5.41, 5.74) is -0.945. The molecule has 0 saturated heterocycles. The molecule has 36 heavy (non-hydrogen) atoms. The molecule has 1 saturated carbocycles. The number of hydrogen-bond donors (Lipinski definition) is 1. The first-order valence-electron chi connectivity index (χ1n) is 12.0. The number of carbonyl (C=O) groups is 3. The van der Waals surface area contributed by atoms with E-state index in [0.717, 1.165) is 31.6 Å². The molecule has 2 aromatic heterocycles. The summed E-state index contributed by atoms with van der Waals surface area (Å²) in [6.45, 7) is 4.83. The Balaban J connectivity index is 0.00000456. The van der Waals surface area contributed by atoms with Gasteiger partial charge in [0, 0.05) is 12.3 Å². The molecule has 1 unspecified atom stereocenters. The molecule has 1 N–H and O–H groups in total. The lowest BCUT2D eigenvalue weighted by atomic mass is 9.85. The summed E-state index contributed by atoms with van der Waals surface area (Å²) in [5.74, 6) is 0.133. The second kappa shape index (κ2) is 14.1. The maximum Gasteiger partial charge on any atom is 0.286 e. The van der Waals surface area contributed by atoms with E-state index < -0.39 is 17.5 Å². The Bertz CT molecular complexity index is 977. The number of rotatable bonds is 13. The molecule has 0 bridgehead atoms. The third kappa shape index (κ3) is 7.77. The van der Waals surface area contributed by atoms with Crippen molar-refractivity contribution in [3.8, 4) is 0 Å². The van der Waals surface area contributed by atoms with Crippen molar-refractivity contribution in [3.05, 3.63) is 28.3 Å². The highest BCUT2D eigenvalue weighted by Gasteiger charge is 2.45. The summed E-state index contributed by atoms with van der Waals surface area (Å²) < 4.78 is 5.69. The van der Waals surface area contributed by atoms with Gasteiger partial charge in [-0.2, -0.15) is 0 Å². The fraction of sp³-hybridized carbons (Fsp3) is 0.625. The van der Waals surface area contributed by atoms with E-state index >= 15 is 0 Å². The Hall–Kier alpha value is -1.95. The van der Waals surface area contributed by atoms with Gasteiger partial charge in [-0.15, -0.1) is 33.9 Å². The Morgan fingerprint density at radius 3 is 2.56 bits per heavy atom. The van der Waals surface area contributed by atoms with E-state index in [2.05, 4.69) is 15.5 Å². The van der Waals surface area contributed by atoms with Crippen LogP contribution in [0, 0.1) is 5.92 Å². The van der Waals surface area contributed by atoms with Crippen LogP contribution < -0.4 is 5.32 Å². The van der Waals surface area contributed by atoms with E-state index in [1.807, 2.05) is 44.3 Å². The number of thioether (sulfide) groups is 1. The molecule has 0 radical (unpaired) electrons. The third-order valence-electron chi connectivity index (χ3n) is 6.09. The number of nitrogens with one attached hydrogen (secondary N) is 1. The number of Topliss-reactive ketones (excluding diaryl/α,β-unsaturated/α-hetero) is 1. The molecule has 1 aliphatic rings. The minimum atomic E-state index is -0.945. The highest BCUT2D eigenvalue weighted by atomic mass is 35.5. The lowest BCUT2D eigenvalue weighted by Crippen LogP contribution is -2.65. The number of halogens is 1. The van der Waals surface area contributed by atoms with Gasteiger partial charge in [0.25, 0.3) is 17.0 Å². The predicted octanol–water partition coefficient (Wildman–Crippen LogP) is 4.35. The van der Waals surface area contributed by atoms with Crippen LogP contribution in [0.2, 0.25) is 0 Å². The van der Waals surface area contributed by atoms with E-state index in [0.29, 0.717) is 35.8 Å². The van der Waals surface area contributed by atoms with Crippen LogP contribution in [0.4, 0.5) is 0 Å². The number of amides is 2. The zero-order valence-electron chi connectivity index (χ0n) is 21.3. The summed E-state index contributed by atoms with van der Waals surface area (Å²) in [7, 11) is 3.96. The summed E-state index contributed by atoms with van der Waals surface area (Å²) in [5, 5.41) is 13.3. The average Bonchev–Trinajstić information content (AvgIpc) is 3.51. The zero-order valence-corrected chi connectivity index (χ0v) is 23.7. The average molecular weight is 558 g/mol. The van der Waals surface area contributed by atoms with Crippen LogP contribution in [0.1, 0.15) is 72.7 Å². The van der Waals surface area contributed by atoms with Gasteiger partial charge >= 0.3 is 0 Å². The monoisotopic (exact) mass is 557 g/mol. The van der Waals surface area contributed by atoms with Crippen LogP contribution in [0.25, 0.3) is 0 Å². The first kappa shape index (κ1) is 30.3. The van der Waals surface area contributed by atoms with Crippen LogP contribution in [0.5, 0.6) is 0 Å². The van der Waals surface area contributed by atoms with E-state index in [4.69, 9.17) is 4.42 Å². The van der Waals surface area contributed by atoms with Crippen molar-refractivity contribution >= 4 is 53.6 Å². The van der Waals surface area contributed by atoms with Gasteiger partial charge in [0.15, 0.2) is 0 Å². The minimum Gasteiger partial charge on any atom is -0.408 e. The van der Waals surface area contributed by atoms with Crippen LogP contribution in [-0.4, -0.2) is 76.2 Å². The molecule has 0 aliphatic heterocycles. The first-order chi connectivity index (χ1) is 16.8. The Morgan fingerprint density at radius 1 is 1.25 bits per heavy atom. The Labute approximate surface area is 227 Å². The molecule has 2 aromatic rings. The lowest BCUT2D eigenvalue weighted by Gasteiger charge is -2.48. The molecular formula is C24H36ClN5O4S2. The number of hydrogen-bond acceptors (Lipinski definition) is 9. The number of thiophene rings is 1. The molecule has 200 valence electrons. The Kier molecular flexibility index (Phi) is 11.9. The van der Waals surface area contributed by atoms with E-state index in [9.17, 15) is 14.4 Å². The molecule has 3 rings (SSSR count). The second-order valence-electron chi connectivity index (χ2n) is 9.57. The topological polar surface area (TPSA) is 109 Å². The largest absolute Gasteiger partial charge is 0.408 e. The van der Waals surface area contributed by atoms with Gasteiger partial charge < -0.3 is 19.5 Å². The van der Waals surface area contributed by atoms with Crippen molar-refractivity contribution in [1.82, 2.24) is 25.3 Å². The number of nitrogens with zero attached hydrogens (tertiary/aromatic N) is 4. The lowest BCUT2D eigenvalue weighted by molar-refractivity contribution is -0.129. The zero-order chi connectivity index (χ0) is 25.4. The fourth-order valence-corrected chi connectivity index (χ4v) is 5.84. The van der Waals surface area contributed by atoms with Gasteiger partial charge in [-0.05, 0) is 63.6 Å². The van der Waals surface area contributed by atoms with Gasteiger partial charge in [0.2, 0.25) is 12.2 Å². The van der Waals surface area contributed by atoms with Gasteiger partial charge in [-0.1, -0.05) is 38.1 Å². The molecule has 2 amide bonds. The fourth-order valence-electron chi connectivity index (χ4n) is 4.36.